The first-order valence-electron chi connectivity index (χ1n) is 5.86. The molecule has 0 spiro atoms. The third-order valence-electron chi connectivity index (χ3n) is 2.56. The van der Waals surface area contributed by atoms with Gasteiger partial charge in [-0.3, -0.25) is 0 Å². The Morgan fingerprint density at radius 2 is 2.12 bits per heavy atom. The van der Waals surface area contributed by atoms with E-state index in [-0.39, 0.29) is 0 Å². The Kier molecular flexibility index (Phi) is 3.37. The van der Waals surface area contributed by atoms with Gasteiger partial charge in [-0.2, -0.15) is 5.10 Å². The van der Waals surface area contributed by atoms with Gasteiger partial charge in [-0.05, 0) is 26.3 Å². The molecule has 2 aromatic heterocycles. The van der Waals surface area contributed by atoms with E-state index in [1.165, 1.54) is 0 Å². The highest BCUT2D eigenvalue weighted by Gasteiger charge is 2.11. The van der Waals surface area contributed by atoms with E-state index in [2.05, 4.69) is 34.2 Å². The molecule has 0 saturated heterocycles. The first kappa shape index (κ1) is 11.6. The summed E-state index contributed by atoms with van der Waals surface area (Å²) in [6.45, 7) is 6.97. The lowest BCUT2D eigenvalue weighted by atomic mass is 10.2. The minimum atomic E-state index is 0.849. The van der Waals surface area contributed by atoms with E-state index >= 15 is 0 Å². The first-order valence-corrected chi connectivity index (χ1v) is 5.86. The molecule has 0 amide bonds. The lowest BCUT2D eigenvalue weighted by Crippen LogP contribution is -2.09. The molecular weight excluding hydrogens is 214 g/mol. The zero-order valence-electron chi connectivity index (χ0n) is 10.4. The maximum Gasteiger partial charge on any atom is 0.161 e. The summed E-state index contributed by atoms with van der Waals surface area (Å²) >= 11 is 0. The average Bonchev–Trinajstić information content (AvgIpc) is 2.76. The molecule has 0 radical (unpaired) electrons. The third-order valence-corrected chi connectivity index (χ3v) is 2.56. The van der Waals surface area contributed by atoms with Gasteiger partial charge in [-0.15, -0.1) is 0 Å². The molecule has 2 aromatic rings. The van der Waals surface area contributed by atoms with Gasteiger partial charge < -0.3 is 5.32 Å². The Labute approximate surface area is 101 Å². The van der Waals surface area contributed by atoms with Crippen molar-refractivity contribution in [2.75, 3.05) is 11.9 Å². The maximum absolute atomic E-state index is 4.39. The molecule has 0 saturated carbocycles. The van der Waals surface area contributed by atoms with Crippen LogP contribution in [0.4, 0.5) is 5.82 Å². The van der Waals surface area contributed by atoms with Gasteiger partial charge in [-0.1, -0.05) is 6.92 Å². The molecule has 5 heteroatoms. The molecule has 1 N–H and O–H groups in total. The Morgan fingerprint density at radius 1 is 1.29 bits per heavy atom. The molecule has 0 aromatic carbocycles. The highest BCUT2D eigenvalue weighted by molar-refractivity contribution is 5.51. The quantitative estimate of drug-likeness (QED) is 0.874. The molecule has 2 heterocycles. The minimum Gasteiger partial charge on any atom is -0.370 e. The van der Waals surface area contributed by atoms with E-state index < -0.39 is 0 Å². The molecular formula is C12H17N5. The van der Waals surface area contributed by atoms with Crippen LogP contribution in [0.15, 0.2) is 18.6 Å². The maximum atomic E-state index is 4.39. The van der Waals surface area contributed by atoms with Crippen molar-refractivity contribution >= 4 is 5.82 Å². The Morgan fingerprint density at radius 3 is 2.71 bits per heavy atom. The van der Waals surface area contributed by atoms with Crippen molar-refractivity contribution in [3.8, 4) is 5.82 Å². The monoisotopic (exact) mass is 231 g/mol. The van der Waals surface area contributed by atoms with Gasteiger partial charge >= 0.3 is 0 Å². The molecule has 0 aliphatic heterocycles. The fourth-order valence-electron chi connectivity index (χ4n) is 1.78. The second kappa shape index (κ2) is 4.95. The fourth-order valence-corrected chi connectivity index (χ4v) is 1.78. The number of anilines is 1. The van der Waals surface area contributed by atoms with Crippen LogP contribution in [0.25, 0.3) is 5.82 Å². The van der Waals surface area contributed by atoms with Crippen LogP contribution in [0.3, 0.4) is 0 Å². The Hall–Kier alpha value is -1.91. The van der Waals surface area contributed by atoms with E-state index in [0.29, 0.717) is 0 Å². The predicted molar refractivity (Wildman–Crippen MR) is 67.4 cm³/mol. The normalized spacial score (nSPS) is 10.5. The molecule has 2 rings (SSSR count). The third kappa shape index (κ3) is 2.27. The average molecular weight is 231 g/mol. The highest BCUT2D eigenvalue weighted by atomic mass is 15.3. The van der Waals surface area contributed by atoms with Crippen LogP contribution in [0, 0.1) is 6.92 Å². The Bertz CT molecular complexity index is 503. The van der Waals surface area contributed by atoms with E-state index in [9.17, 15) is 0 Å². The zero-order valence-corrected chi connectivity index (χ0v) is 10.4. The number of hydrogen-bond donors (Lipinski definition) is 1. The van der Waals surface area contributed by atoms with Crippen LogP contribution in [-0.2, 0) is 6.42 Å². The van der Waals surface area contributed by atoms with Crippen LogP contribution < -0.4 is 5.32 Å². The molecule has 0 aliphatic rings. The topological polar surface area (TPSA) is 55.6 Å². The van der Waals surface area contributed by atoms with Crippen LogP contribution >= 0.6 is 0 Å². The number of nitrogens with one attached hydrogen (secondary N) is 1. The van der Waals surface area contributed by atoms with E-state index in [1.807, 2.05) is 19.2 Å². The standard InChI is InChI=1S/C12H17N5/c1-4-10-11(13-5-2)14-8-15-12(10)17-7-6-9(3)16-17/h6-8H,4-5H2,1-3H3,(H,13,14,15). The van der Waals surface area contributed by atoms with E-state index in [1.54, 1.807) is 11.0 Å². The lowest BCUT2D eigenvalue weighted by molar-refractivity contribution is 0.807. The number of nitrogens with zero attached hydrogens (tertiary/aromatic N) is 4. The molecule has 90 valence electrons. The summed E-state index contributed by atoms with van der Waals surface area (Å²) in [5, 5.41) is 7.64. The van der Waals surface area contributed by atoms with Crippen molar-refractivity contribution in [3.63, 3.8) is 0 Å². The van der Waals surface area contributed by atoms with Crippen LogP contribution in [0.1, 0.15) is 25.1 Å². The van der Waals surface area contributed by atoms with Gasteiger partial charge in [0, 0.05) is 18.3 Å². The SMILES string of the molecule is CCNc1ncnc(-n2ccc(C)n2)c1CC. The van der Waals surface area contributed by atoms with E-state index in [4.69, 9.17) is 0 Å². The van der Waals surface area contributed by atoms with Crippen molar-refractivity contribution in [1.29, 1.82) is 0 Å². The van der Waals surface area contributed by atoms with Gasteiger partial charge in [-0.25, -0.2) is 14.6 Å². The molecule has 5 nitrogen and oxygen atoms in total. The molecule has 0 aliphatic carbocycles. The summed E-state index contributed by atoms with van der Waals surface area (Å²) in [4.78, 5) is 8.59. The summed E-state index contributed by atoms with van der Waals surface area (Å²) in [5.74, 6) is 1.75. The molecule has 17 heavy (non-hydrogen) atoms. The molecule has 0 fully saturated rings. The van der Waals surface area contributed by atoms with Crippen LogP contribution in [0.2, 0.25) is 0 Å². The first-order chi connectivity index (χ1) is 8.26. The van der Waals surface area contributed by atoms with Crippen molar-refractivity contribution in [2.45, 2.75) is 27.2 Å². The van der Waals surface area contributed by atoms with Crippen molar-refractivity contribution in [2.24, 2.45) is 0 Å². The number of hydrogen-bond acceptors (Lipinski definition) is 4. The Balaban J connectivity index is 2.49. The molecule has 0 atom stereocenters. The summed E-state index contributed by atoms with van der Waals surface area (Å²) in [7, 11) is 0. The smallest absolute Gasteiger partial charge is 0.161 e. The second-order valence-corrected chi connectivity index (χ2v) is 3.81. The van der Waals surface area contributed by atoms with Crippen LogP contribution in [-0.4, -0.2) is 26.3 Å². The van der Waals surface area contributed by atoms with Crippen molar-refractivity contribution < 1.29 is 0 Å². The van der Waals surface area contributed by atoms with E-state index in [0.717, 1.165) is 35.9 Å². The summed E-state index contributed by atoms with van der Waals surface area (Å²) < 4.78 is 1.80. The van der Waals surface area contributed by atoms with Crippen molar-refractivity contribution in [3.05, 3.63) is 29.8 Å². The largest absolute Gasteiger partial charge is 0.370 e. The van der Waals surface area contributed by atoms with Gasteiger partial charge in [0.05, 0.1) is 5.69 Å². The summed E-state index contributed by atoms with van der Waals surface area (Å²) in [5.41, 5.74) is 2.08. The molecule has 0 bridgehead atoms. The number of rotatable bonds is 4. The van der Waals surface area contributed by atoms with Gasteiger partial charge in [0.15, 0.2) is 5.82 Å². The van der Waals surface area contributed by atoms with Crippen LogP contribution in [0.5, 0.6) is 0 Å². The minimum absolute atomic E-state index is 0.849. The number of aromatic nitrogens is 4. The predicted octanol–water partition coefficient (Wildman–Crippen LogP) is 1.96. The summed E-state index contributed by atoms with van der Waals surface area (Å²) in [6.07, 6.45) is 4.37. The van der Waals surface area contributed by atoms with Crippen molar-refractivity contribution in [1.82, 2.24) is 19.7 Å². The van der Waals surface area contributed by atoms with Gasteiger partial charge in [0.25, 0.3) is 0 Å². The second-order valence-electron chi connectivity index (χ2n) is 3.81. The zero-order chi connectivity index (χ0) is 12.3. The number of aryl methyl sites for hydroxylation is 1. The molecule has 0 unspecified atom stereocenters. The van der Waals surface area contributed by atoms with Gasteiger partial charge in [0.1, 0.15) is 12.1 Å². The highest BCUT2D eigenvalue weighted by Crippen LogP contribution is 2.19. The van der Waals surface area contributed by atoms with Gasteiger partial charge in [0.2, 0.25) is 0 Å². The lowest BCUT2D eigenvalue weighted by Gasteiger charge is -2.11. The fraction of sp³-hybridized carbons (Fsp3) is 0.417. The summed E-state index contributed by atoms with van der Waals surface area (Å²) in [6, 6.07) is 1.97.